The average molecular weight is 395 g/mol. The summed E-state index contributed by atoms with van der Waals surface area (Å²) in [5.41, 5.74) is 10.4. The summed E-state index contributed by atoms with van der Waals surface area (Å²) in [6, 6.07) is 15.8. The van der Waals surface area contributed by atoms with Crippen LogP contribution in [0.15, 0.2) is 54.7 Å². The lowest BCUT2D eigenvalue weighted by molar-refractivity contribution is -0.140. The van der Waals surface area contributed by atoms with E-state index in [9.17, 15) is 4.79 Å². The normalized spacial score (nSPS) is 10.6. The molecule has 3 aromatic rings. The Morgan fingerprint density at radius 1 is 1.07 bits per heavy atom. The Morgan fingerprint density at radius 3 is 2.14 bits per heavy atom. The van der Waals surface area contributed by atoms with Gasteiger partial charge in [0, 0.05) is 25.4 Å². The van der Waals surface area contributed by atoms with Gasteiger partial charge in [0.2, 0.25) is 0 Å². The number of imidazole rings is 1. The number of amidine groups is 1. The number of aromatic nitrogens is 2. The molecule has 0 amide bonds. The lowest BCUT2D eigenvalue weighted by atomic mass is 10.0. The van der Waals surface area contributed by atoms with Crippen LogP contribution in [-0.2, 0) is 23.1 Å². The van der Waals surface area contributed by atoms with E-state index >= 15 is 0 Å². The molecule has 3 rings (SSSR count). The number of hydrogen-bond acceptors (Lipinski definition) is 4. The van der Waals surface area contributed by atoms with E-state index in [1.54, 1.807) is 0 Å². The van der Waals surface area contributed by atoms with Gasteiger partial charge in [-0.2, -0.15) is 0 Å². The van der Waals surface area contributed by atoms with Gasteiger partial charge < -0.3 is 19.6 Å². The van der Waals surface area contributed by atoms with Crippen molar-refractivity contribution in [1.29, 1.82) is 5.41 Å². The first-order valence-corrected chi connectivity index (χ1v) is 9.19. The van der Waals surface area contributed by atoms with Crippen molar-refractivity contribution in [1.82, 2.24) is 9.13 Å². The lowest BCUT2D eigenvalue weighted by Gasteiger charge is -2.06. The minimum Gasteiger partial charge on any atom is -0.469 e. The van der Waals surface area contributed by atoms with Gasteiger partial charge in [0.1, 0.15) is 5.84 Å². The zero-order valence-corrected chi connectivity index (χ0v) is 16.6. The molecule has 3 N–H and O–H groups in total. The molecule has 0 unspecified atom stereocenters. The van der Waals surface area contributed by atoms with E-state index < -0.39 is 0 Å². The van der Waals surface area contributed by atoms with E-state index in [1.807, 2.05) is 70.9 Å². The number of ether oxygens (including phenoxy) is 1. The van der Waals surface area contributed by atoms with Gasteiger partial charge >= 0.3 is 5.97 Å². The maximum absolute atomic E-state index is 11.4. The highest BCUT2D eigenvalue weighted by Gasteiger charge is 2.10. The molecule has 0 radical (unpaired) electrons. The first kappa shape index (κ1) is 19.6. The van der Waals surface area contributed by atoms with Gasteiger partial charge in [-0.05, 0) is 28.9 Å². The number of methoxy groups -OCH3 is 1. The van der Waals surface area contributed by atoms with Crippen molar-refractivity contribution < 1.29 is 9.53 Å². The number of nitrogens with two attached hydrogens (primary N) is 1. The Bertz CT molecular complexity index is 1060. The van der Waals surface area contributed by atoms with Crippen LogP contribution in [0, 0.1) is 10.2 Å². The first-order chi connectivity index (χ1) is 13.4. The molecule has 0 spiro atoms. The molecule has 0 saturated heterocycles. The van der Waals surface area contributed by atoms with E-state index in [0.717, 1.165) is 22.4 Å². The molecule has 1 aromatic heterocycles. The minimum atomic E-state index is -0.257. The lowest BCUT2D eigenvalue weighted by Crippen LogP contribution is -2.10. The summed E-state index contributed by atoms with van der Waals surface area (Å²) in [4.78, 5) is 11.4. The van der Waals surface area contributed by atoms with Crippen molar-refractivity contribution in [3.63, 3.8) is 0 Å². The maximum atomic E-state index is 11.4. The maximum Gasteiger partial charge on any atom is 0.307 e. The Kier molecular flexibility index (Phi) is 5.75. The third-order valence-electron chi connectivity index (χ3n) is 4.67. The second-order valence-corrected chi connectivity index (χ2v) is 6.81. The van der Waals surface area contributed by atoms with Crippen molar-refractivity contribution >= 4 is 24.0 Å². The largest absolute Gasteiger partial charge is 0.469 e. The fourth-order valence-corrected chi connectivity index (χ4v) is 3.25. The second-order valence-electron chi connectivity index (χ2n) is 6.44. The van der Waals surface area contributed by atoms with Crippen LogP contribution in [-0.4, -0.2) is 28.0 Å². The molecule has 0 bridgehead atoms. The summed E-state index contributed by atoms with van der Waals surface area (Å²) in [6.07, 6.45) is 2.24. The number of rotatable bonds is 6. The Balaban J connectivity index is 1.84. The zero-order valence-electron chi connectivity index (χ0n) is 15.8. The van der Waals surface area contributed by atoms with E-state index in [4.69, 9.17) is 28.1 Å². The van der Waals surface area contributed by atoms with Gasteiger partial charge in [-0.3, -0.25) is 10.2 Å². The molecule has 0 aliphatic carbocycles. The number of esters is 1. The molecule has 144 valence electrons. The highest BCUT2D eigenvalue weighted by atomic mass is 32.1. The number of aryl methyl sites for hydroxylation is 1. The number of carbonyl (C=O) groups is 1. The van der Waals surface area contributed by atoms with Crippen LogP contribution in [0.25, 0.3) is 22.4 Å². The molecule has 0 saturated carbocycles. The monoisotopic (exact) mass is 394 g/mol. The van der Waals surface area contributed by atoms with Crippen molar-refractivity contribution in [3.05, 3.63) is 65.1 Å². The van der Waals surface area contributed by atoms with Crippen molar-refractivity contribution in [2.75, 3.05) is 7.11 Å². The number of benzene rings is 2. The zero-order chi connectivity index (χ0) is 20.3. The average Bonchev–Trinajstić information content (AvgIpc) is 3.00. The molecule has 0 aliphatic heterocycles. The summed E-state index contributed by atoms with van der Waals surface area (Å²) in [6.45, 7) is 0.486. The molecule has 28 heavy (non-hydrogen) atoms. The first-order valence-electron chi connectivity index (χ1n) is 8.79. The van der Waals surface area contributed by atoms with E-state index in [1.165, 1.54) is 7.11 Å². The summed E-state index contributed by atoms with van der Waals surface area (Å²) in [5.74, 6) is -0.196. The molecule has 1 heterocycles. The Morgan fingerprint density at radius 2 is 1.61 bits per heavy atom. The predicted octanol–water partition coefficient (Wildman–Crippen LogP) is 3.74. The number of nitrogen functional groups attached to an aromatic ring is 1. The minimum absolute atomic E-state index is 0.0610. The SMILES string of the molecule is COC(=O)CCn1cc(-c2ccc(-c3ccc(C(=N)N)cc3)cc2)n(C)c1=S. The van der Waals surface area contributed by atoms with Gasteiger partial charge in [-0.25, -0.2) is 0 Å². The highest BCUT2D eigenvalue weighted by Crippen LogP contribution is 2.26. The fourth-order valence-electron chi connectivity index (χ4n) is 3.00. The van der Waals surface area contributed by atoms with E-state index in [0.29, 0.717) is 16.9 Å². The van der Waals surface area contributed by atoms with Gasteiger partial charge in [-0.15, -0.1) is 0 Å². The molecule has 6 nitrogen and oxygen atoms in total. The molecule has 7 heteroatoms. The molecule has 0 fully saturated rings. The number of carbonyl (C=O) groups excluding carboxylic acids is 1. The molecular formula is C21H22N4O2S. The summed E-state index contributed by atoms with van der Waals surface area (Å²) in [7, 11) is 3.30. The number of hydrogen-bond donors (Lipinski definition) is 2. The van der Waals surface area contributed by atoms with Gasteiger partial charge in [0.05, 0.1) is 19.2 Å². The van der Waals surface area contributed by atoms with Crippen LogP contribution in [0.4, 0.5) is 0 Å². The number of nitrogens with one attached hydrogen (secondary N) is 1. The van der Waals surface area contributed by atoms with E-state index in [-0.39, 0.29) is 18.2 Å². The van der Waals surface area contributed by atoms with Crippen LogP contribution >= 0.6 is 12.2 Å². The van der Waals surface area contributed by atoms with Crippen LogP contribution in [0.5, 0.6) is 0 Å². The molecule has 0 atom stereocenters. The molecule has 0 aliphatic rings. The third-order valence-corrected chi connectivity index (χ3v) is 5.17. The topological polar surface area (TPSA) is 86.0 Å². The van der Waals surface area contributed by atoms with Gasteiger partial charge in [-0.1, -0.05) is 48.5 Å². The molecular weight excluding hydrogens is 372 g/mol. The molecule has 2 aromatic carbocycles. The van der Waals surface area contributed by atoms with Crippen LogP contribution in [0.1, 0.15) is 12.0 Å². The van der Waals surface area contributed by atoms with Crippen LogP contribution in [0.3, 0.4) is 0 Å². The predicted molar refractivity (Wildman–Crippen MR) is 113 cm³/mol. The summed E-state index contributed by atoms with van der Waals surface area (Å²) < 4.78 is 9.17. The highest BCUT2D eigenvalue weighted by molar-refractivity contribution is 7.71. The van der Waals surface area contributed by atoms with Crippen LogP contribution < -0.4 is 5.73 Å². The standard InChI is InChI=1S/C21H22N4O2S/c1-24-18(13-25(21(24)28)12-11-19(26)27-2)16-7-3-14(4-8-16)15-5-9-17(10-6-15)20(22)23/h3-10,13H,11-12H2,1-2H3,(H3,22,23). The fraction of sp³-hybridized carbons (Fsp3) is 0.190. The summed E-state index contributed by atoms with van der Waals surface area (Å²) in [5, 5.41) is 7.48. The second kappa shape index (κ2) is 8.22. The Labute approximate surface area is 168 Å². The third kappa shape index (κ3) is 4.04. The van der Waals surface area contributed by atoms with Crippen molar-refractivity contribution in [3.8, 4) is 22.4 Å². The summed E-state index contributed by atoms with van der Waals surface area (Å²) >= 11 is 5.48. The quantitative estimate of drug-likeness (QED) is 0.289. The van der Waals surface area contributed by atoms with Crippen molar-refractivity contribution in [2.45, 2.75) is 13.0 Å². The smallest absolute Gasteiger partial charge is 0.307 e. The number of nitrogens with zero attached hydrogens (tertiary/aromatic N) is 2. The van der Waals surface area contributed by atoms with Crippen LogP contribution in [0.2, 0.25) is 0 Å². The van der Waals surface area contributed by atoms with Gasteiger partial charge in [0.25, 0.3) is 0 Å². The Hall–Kier alpha value is -3.19. The van der Waals surface area contributed by atoms with Crippen molar-refractivity contribution in [2.24, 2.45) is 12.8 Å². The van der Waals surface area contributed by atoms with Gasteiger partial charge in [0.15, 0.2) is 4.77 Å². The van der Waals surface area contributed by atoms with E-state index in [2.05, 4.69) is 0 Å².